The normalized spacial score (nSPS) is 25.1. The number of aliphatic carboxylic acids is 1. The summed E-state index contributed by atoms with van der Waals surface area (Å²) >= 11 is 1.50. The number of urea groups is 1. The Morgan fingerprint density at radius 3 is 2.25 bits per heavy atom. The fourth-order valence-electron chi connectivity index (χ4n) is 2.59. The molecule has 2 rings (SSSR count). The molecule has 20 heavy (non-hydrogen) atoms. The van der Waals surface area contributed by atoms with Crippen LogP contribution in [0.2, 0.25) is 0 Å². The smallest absolute Gasteiger partial charge is 0.327 e. The van der Waals surface area contributed by atoms with E-state index < -0.39 is 12.0 Å². The highest BCUT2D eigenvalue weighted by atomic mass is 32.2. The van der Waals surface area contributed by atoms with Crippen molar-refractivity contribution in [1.29, 1.82) is 0 Å². The molecule has 7 heteroatoms. The second-order valence-electron chi connectivity index (χ2n) is 6.25. The average molecular weight is 301 g/mol. The van der Waals surface area contributed by atoms with Crippen LogP contribution in [-0.4, -0.2) is 81.2 Å². The number of piperazine rings is 1. The molecule has 6 nitrogen and oxygen atoms in total. The molecule has 0 unspecified atom stereocenters. The van der Waals surface area contributed by atoms with Gasteiger partial charge in [-0.25, -0.2) is 9.59 Å². The van der Waals surface area contributed by atoms with Gasteiger partial charge in [-0.15, -0.1) is 11.8 Å². The number of rotatable bonds is 1. The molecule has 2 fully saturated rings. The van der Waals surface area contributed by atoms with Crippen molar-refractivity contribution in [2.24, 2.45) is 0 Å². The first-order valence-electron chi connectivity index (χ1n) is 6.92. The van der Waals surface area contributed by atoms with Gasteiger partial charge in [0.25, 0.3) is 0 Å². The van der Waals surface area contributed by atoms with E-state index in [1.54, 1.807) is 4.90 Å². The molecule has 0 bridgehead atoms. The van der Waals surface area contributed by atoms with Crippen molar-refractivity contribution in [1.82, 2.24) is 14.7 Å². The third kappa shape index (κ3) is 3.20. The molecule has 2 amide bonds. The number of amides is 2. The highest BCUT2D eigenvalue weighted by Crippen LogP contribution is 2.24. The summed E-state index contributed by atoms with van der Waals surface area (Å²) in [5.41, 5.74) is 0.113. The zero-order valence-corrected chi connectivity index (χ0v) is 13.2. The molecule has 2 heterocycles. The summed E-state index contributed by atoms with van der Waals surface area (Å²) in [5, 5.41) is 9.15. The second kappa shape index (κ2) is 5.81. The van der Waals surface area contributed by atoms with Crippen LogP contribution in [0, 0.1) is 0 Å². The summed E-state index contributed by atoms with van der Waals surface area (Å²) in [6, 6.07) is -0.802. The van der Waals surface area contributed by atoms with Crippen LogP contribution in [-0.2, 0) is 4.79 Å². The van der Waals surface area contributed by atoms with E-state index in [1.165, 1.54) is 16.7 Å². The standard InChI is InChI=1S/C13H23N3O3S/c1-13(2,3)15-6-4-14(5-7-15)12(19)16-9-20-8-10(16)11(17)18/h10H,4-9H2,1-3H3,(H,17,18)/t10-/m0/s1. The van der Waals surface area contributed by atoms with E-state index in [4.69, 9.17) is 5.11 Å². The lowest BCUT2D eigenvalue weighted by Crippen LogP contribution is -2.58. The number of carboxylic acids is 1. The zero-order chi connectivity index (χ0) is 14.9. The summed E-state index contributed by atoms with van der Waals surface area (Å²) < 4.78 is 0. The number of thioether (sulfide) groups is 1. The summed E-state index contributed by atoms with van der Waals surface area (Å²) in [7, 11) is 0. The minimum Gasteiger partial charge on any atom is -0.480 e. The van der Waals surface area contributed by atoms with Crippen molar-refractivity contribution < 1.29 is 14.7 Å². The van der Waals surface area contributed by atoms with Gasteiger partial charge in [0.2, 0.25) is 0 Å². The number of carbonyl (C=O) groups excluding carboxylic acids is 1. The fourth-order valence-corrected chi connectivity index (χ4v) is 3.72. The van der Waals surface area contributed by atoms with Gasteiger partial charge in [0.1, 0.15) is 6.04 Å². The monoisotopic (exact) mass is 301 g/mol. The molecule has 0 aromatic heterocycles. The number of nitrogens with zero attached hydrogens (tertiary/aromatic N) is 3. The number of carboxylic acid groups (broad SMARTS) is 1. The Bertz CT molecular complexity index is 389. The molecule has 1 N–H and O–H groups in total. The quantitative estimate of drug-likeness (QED) is 0.782. The molecule has 0 aromatic rings. The van der Waals surface area contributed by atoms with E-state index in [1.807, 2.05) is 0 Å². The Hall–Kier alpha value is -0.950. The van der Waals surface area contributed by atoms with E-state index in [0.29, 0.717) is 24.7 Å². The van der Waals surface area contributed by atoms with Gasteiger partial charge in [-0.1, -0.05) is 0 Å². The Kier molecular flexibility index (Phi) is 4.49. The Morgan fingerprint density at radius 2 is 1.75 bits per heavy atom. The van der Waals surface area contributed by atoms with Gasteiger partial charge in [-0.3, -0.25) is 4.90 Å². The van der Waals surface area contributed by atoms with Crippen LogP contribution in [0.15, 0.2) is 0 Å². The highest BCUT2D eigenvalue weighted by Gasteiger charge is 2.38. The number of hydrogen-bond acceptors (Lipinski definition) is 4. The van der Waals surface area contributed by atoms with E-state index >= 15 is 0 Å². The van der Waals surface area contributed by atoms with Gasteiger partial charge in [-0.05, 0) is 20.8 Å². The highest BCUT2D eigenvalue weighted by molar-refractivity contribution is 7.99. The fraction of sp³-hybridized carbons (Fsp3) is 0.846. The van der Waals surface area contributed by atoms with Crippen LogP contribution in [0.3, 0.4) is 0 Å². The van der Waals surface area contributed by atoms with Gasteiger partial charge in [0, 0.05) is 37.5 Å². The predicted molar refractivity (Wildman–Crippen MR) is 78.9 cm³/mol. The van der Waals surface area contributed by atoms with Crippen LogP contribution >= 0.6 is 11.8 Å². The molecule has 0 aliphatic carbocycles. The SMILES string of the molecule is CC(C)(C)N1CCN(C(=O)N2CSC[C@H]2C(=O)O)CC1. The maximum atomic E-state index is 12.4. The number of hydrogen-bond donors (Lipinski definition) is 1. The third-order valence-electron chi connectivity index (χ3n) is 3.91. The molecule has 0 saturated carbocycles. The Morgan fingerprint density at radius 1 is 1.15 bits per heavy atom. The molecule has 1 atom stereocenters. The van der Waals surface area contributed by atoms with Crippen molar-refractivity contribution in [2.75, 3.05) is 37.8 Å². The summed E-state index contributed by atoms with van der Waals surface area (Å²) in [4.78, 5) is 29.2. The third-order valence-corrected chi connectivity index (χ3v) is 4.92. The molecule has 0 aromatic carbocycles. The van der Waals surface area contributed by atoms with Crippen molar-refractivity contribution in [3.05, 3.63) is 0 Å². The topological polar surface area (TPSA) is 64.1 Å². The Labute approximate surface area is 124 Å². The molecule has 114 valence electrons. The lowest BCUT2D eigenvalue weighted by molar-refractivity contribution is -0.141. The minimum atomic E-state index is -0.906. The molecular weight excluding hydrogens is 278 g/mol. The van der Waals surface area contributed by atoms with Crippen molar-refractivity contribution >= 4 is 23.8 Å². The van der Waals surface area contributed by atoms with Crippen LogP contribution in [0.25, 0.3) is 0 Å². The molecule has 2 aliphatic rings. The Balaban J connectivity index is 1.93. The lowest BCUT2D eigenvalue weighted by atomic mass is 10.1. The van der Waals surface area contributed by atoms with Gasteiger partial charge >= 0.3 is 12.0 Å². The van der Waals surface area contributed by atoms with Crippen LogP contribution in [0.5, 0.6) is 0 Å². The van der Waals surface area contributed by atoms with E-state index in [9.17, 15) is 9.59 Å². The largest absolute Gasteiger partial charge is 0.480 e. The van der Waals surface area contributed by atoms with Gasteiger partial charge in [-0.2, -0.15) is 0 Å². The van der Waals surface area contributed by atoms with Crippen LogP contribution < -0.4 is 0 Å². The number of carbonyl (C=O) groups is 2. The molecule has 2 saturated heterocycles. The maximum absolute atomic E-state index is 12.4. The van der Waals surface area contributed by atoms with E-state index in [0.717, 1.165) is 13.1 Å². The first kappa shape index (κ1) is 15.4. The van der Waals surface area contributed by atoms with Crippen molar-refractivity contribution in [3.63, 3.8) is 0 Å². The predicted octanol–water partition coefficient (Wildman–Crippen LogP) is 0.982. The zero-order valence-electron chi connectivity index (χ0n) is 12.3. The first-order valence-corrected chi connectivity index (χ1v) is 8.07. The van der Waals surface area contributed by atoms with Crippen LogP contribution in [0.4, 0.5) is 4.79 Å². The van der Waals surface area contributed by atoms with E-state index in [2.05, 4.69) is 25.7 Å². The molecular formula is C13H23N3O3S. The molecule has 0 spiro atoms. The minimum absolute atomic E-state index is 0.113. The summed E-state index contributed by atoms with van der Waals surface area (Å²) in [6.07, 6.45) is 0. The second-order valence-corrected chi connectivity index (χ2v) is 7.25. The summed E-state index contributed by atoms with van der Waals surface area (Å²) in [6.45, 7) is 9.53. The van der Waals surface area contributed by atoms with Gasteiger partial charge < -0.3 is 14.9 Å². The van der Waals surface area contributed by atoms with E-state index in [-0.39, 0.29) is 11.6 Å². The van der Waals surface area contributed by atoms with Gasteiger partial charge in [0.15, 0.2) is 0 Å². The van der Waals surface area contributed by atoms with Crippen molar-refractivity contribution in [2.45, 2.75) is 32.4 Å². The first-order chi connectivity index (χ1) is 9.30. The maximum Gasteiger partial charge on any atom is 0.327 e. The van der Waals surface area contributed by atoms with Crippen LogP contribution in [0.1, 0.15) is 20.8 Å². The van der Waals surface area contributed by atoms with Gasteiger partial charge in [0.05, 0.1) is 5.88 Å². The average Bonchev–Trinajstić information content (AvgIpc) is 2.86. The molecule has 0 radical (unpaired) electrons. The summed E-state index contributed by atoms with van der Waals surface area (Å²) in [5.74, 6) is 0.0647. The lowest BCUT2D eigenvalue weighted by Gasteiger charge is -2.43. The van der Waals surface area contributed by atoms with Crippen molar-refractivity contribution in [3.8, 4) is 0 Å². The molecule has 2 aliphatic heterocycles.